The maximum Gasteiger partial charge on any atom is 0.253 e. The lowest BCUT2D eigenvalue weighted by Gasteiger charge is -2.32. The lowest BCUT2D eigenvalue weighted by atomic mass is 9.89. The van der Waals surface area contributed by atoms with Crippen LogP contribution in [0.5, 0.6) is 0 Å². The predicted octanol–water partition coefficient (Wildman–Crippen LogP) is 6.90. The van der Waals surface area contributed by atoms with Crippen molar-refractivity contribution in [3.63, 3.8) is 0 Å². The number of amides is 1. The average Bonchev–Trinajstić information content (AvgIpc) is 3.36. The number of nitrogens with zero attached hydrogens (tertiary/aromatic N) is 3. The molecule has 0 spiro atoms. The molecule has 0 bridgehead atoms. The van der Waals surface area contributed by atoms with Crippen molar-refractivity contribution in [1.29, 1.82) is 0 Å². The van der Waals surface area contributed by atoms with Gasteiger partial charge in [-0.3, -0.25) is 9.78 Å². The molecule has 224 valence electrons. The lowest BCUT2D eigenvalue weighted by Crippen LogP contribution is -2.39. The van der Waals surface area contributed by atoms with E-state index in [1.807, 2.05) is 17.0 Å². The van der Waals surface area contributed by atoms with Gasteiger partial charge >= 0.3 is 0 Å². The maximum atomic E-state index is 13.1. The Labute approximate surface area is 248 Å². The fraction of sp³-hybridized carbons (Fsp3) is 0.611. The molecule has 4 rings (SSSR count). The highest BCUT2D eigenvalue weighted by Gasteiger charge is 2.28. The summed E-state index contributed by atoms with van der Waals surface area (Å²) in [5.41, 5.74) is 3.67. The van der Waals surface area contributed by atoms with Crippen LogP contribution in [0.3, 0.4) is 0 Å². The quantitative estimate of drug-likeness (QED) is 0.305. The molecule has 1 atom stereocenters. The zero-order chi connectivity index (χ0) is 29.2. The summed E-state index contributed by atoms with van der Waals surface area (Å²) in [5, 5.41) is 12.9. The Kier molecular flexibility index (Phi) is 11.9. The highest BCUT2D eigenvalue weighted by atomic mass is 16.3. The molecule has 0 radical (unpaired) electrons. The molecular formula is C36H53N3O2. The van der Waals surface area contributed by atoms with Crippen molar-refractivity contribution in [3.05, 3.63) is 64.1 Å². The molecule has 1 N–H and O–H groups in total. The Morgan fingerprint density at radius 1 is 1.10 bits per heavy atom. The monoisotopic (exact) mass is 559 g/mol. The van der Waals surface area contributed by atoms with E-state index in [0.717, 1.165) is 69.5 Å². The van der Waals surface area contributed by atoms with Gasteiger partial charge in [0, 0.05) is 48.6 Å². The zero-order valence-electron chi connectivity index (χ0n) is 26.0. The van der Waals surface area contributed by atoms with Crippen LogP contribution in [0.2, 0.25) is 0 Å². The van der Waals surface area contributed by atoms with Gasteiger partial charge in [-0.15, -0.1) is 0 Å². The van der Waals surface area contributed by atoms with Gasteiger partial charge in [-0.1, -0.05) is 56.9 Å². The summed E-state index contributed by atoms with van der Waals surface area (Å²) in [5.74, 6) is 1.39. The molecule has 1 saturated carbocycles. The van der Waals surface area contributed by atoms with E-state index in [1.54, 1.807) is 12.4 Å². The summed E-state index contributed by atoms with van der Waals surface area (Å²) in [6.45, 7) is 10.7. The van der Waals surface area contributed by atoms with Crippen LogP contribution < -0.4 is 10.6 Å². The van der Waals surface area contributed by atoms with Gasteiger partial charge in [0.2, 0.25) is 0 Å². The lowest BCUT2D eigenvalue weighted by molar-refractivity contribution is 0.0712. The fourth-order valence-corrected chi connectivity index (χ4v) is 6.98. The summed E-state index contributed by atoms with van der Waals surface area (Å²) in [6.07, 6.45) is 26.0. The highest BCUT2D eigenvalue weighted by Crippen LogP contribution is 2.31. The second-order valence-corrected chi connectivity index (χ2v) is 12.6. The van der Waals surface area contributed by atoms with Gasteiger partial charge in [-0.2, -0.15) is 0 Å². The smallest absolute Gasteiger partial charge is 0.253 e. The first-order valence-electron chi connectivity index (χ1n) is 16.3. The van der Waals surface area contributed by atoms with Gasteiger partial charge in [0.1, 0.15) is 0 Å². The molecule has 0 unspecified atom stereocenters. The van der Waals surface area contributed by atoms with Crippen molar-refractivity contribution in [2.24, 2.45) is 5.92 Å². The van der Waals surface area contributed by atoms with E-state index < -0.39 is 0 Å². The molecule has 41 heavy (non-hydrogen) atoms. The number of pyridine rings is 1. The Hall–Kier alpha value is -2.66. The molecule has 5 nitrogen and oxygen atoms in total. The number of rotatable bonds is 11. The van der Waals surface area contributed by atoms with E-state index in [9.17, 15) is 9.90 Å². The predicted molar refractivity (Wildman–Crippen MR) is 170 cm³/mol. The maximum absolute atomic E-state index is 13.1. The standard InChI is InChI=1S/C36H53N3O2/c1-5-9-27(3)10-7-11-28(4)12-8-13-33-34(26-39(35(33)6-2)31-14-16-32(40)17-15-31)29-20-24-38(25-21-29)36(41)30-18-22-37-23-19-30/h6,12-13,18-19,22-23,26-27,29,31-32,40H,5,7-11,14-17,20-21,24-25H2,1-4H3/b28-12+,33-13-,35-6-/t27-,31?,32?/m0/s1. The van der Waals surface area contributed by atoms with Crippen molar-refractivity contribution in [2.45, 2.75) is 123 Å². The molecule has 2 fully saturated rings. The third kappa shape index (κ3) is 8.44. The number of likely N-dealkylation sites (tertiary alicyclic amines) is 1. The normalized spacial score (nSPS) is 22.4. The first kappa shape index (κ1) is 31.3. The first-order chi connectivity index (χ1) is 19.9. The number of aromatic nitrogens is 2. The topological polar surface area (TPSA) is 58.4 Å². The zero-order valence-corrected chi connectivity index (χ0v) is 26.0. The Balaban J connectivity index is 1.52. The first-order valence-corrected chi connectivity index (χ1v) is 16.3. The van der Waals surface area contributed by atoms with Crippen LogP contribution in [0.4, 0.5) is 0 Å². The fourth-order valence-electron chi connectivity index (χ4n) is 6.98. The van der Waals surface area contributed by atoms with E-state index in [0.29, 0.717) is 12.0 Å². The summed E-state index contributed by atoms with van der Waals surface area (Å²) >= 11 is 0. The molecule has 3 heterocycles. The van der Waals surface area contributed by atoms with E-state index >= 15 is 0 Å². The van der Waals surface area contributed by atoms with Crippen LogP contribution in [0.15, 0.2) is 42.4 Å². The SMILES string of the molecule is C/C=c1/c(=C\C/C=C(\C)CCC[C@@H](C)CCC)c(C2CCN(C(=O)c3ccncc3)CC2)cn1C1CCC(O)CC1. The molecule has 2 aliphatic rings. The molecule has 1 amide bonds. The van der Waals surface area contributed by atoms with Gasteiger partial charge in [0.25, 0.3) is 5.91 Å². The minimum absolute atomic E-state index is 0.114. The van der Waals surface area contributed by atoms with E-state index in [4.69, 9.17) is 0 Å². The minimum Gasteiger partial charge on any atom is -0.393 e. The summed E-state index contributed by atoms with van der Waals surface area (Å²) in [7, 11) is 0. The summed E-state index contributed by atoms with van der Waals surface area (Å²) in [6, 6.07) is 4.07. The Morgan fingerprint density at radius 2 is 1.80 bits per heavy atom. The largest absolute Gasteiger partial charge is 0.393 e. The number of carbonyl (C=O) groups excluding carboxylic acids is 1. The van der Waals surface area contributed by atoms with Crippen LogP contribution in [-0.4, -0.2) is 44.7 Å². The van der Waals surface area contributed by atoms with E-state index in [1.165, 1.54) is 53.8 Å². The summed E-state index contributed by atoms with van der Waals surface area (Å²) in [4.78, 5) is 19.1. The number of carbonyl (C=O) groups is 1. The molecule has 2 aromatic rings. The van der Waals surface area contributed by atoms with Crippen LogP contribution in [0.25, 0.3) is 12.2 Å². The van der Waals surface area contributed by atoms with Crippen molar-refractivity contribution >= 4 is 18.1 Å². The van der Waals surface area contributed by atoms with Gasteiger partial charge in [0.05, 0.1) is 6.10 Å². The van der Waals surface area contributed by atoms with Crippen LogP contribution in [-0.2, 0) is 0 Å². The molecule has 1 saturated heterocycles. The van der Waals surface area contributed by atoms with E-state index in [2.05, 4.69) is 61.7 Å². The second kappa shape index (κ2) is 15.5. The number of hydrogen-bond acceptors (Lipinski definition) is 3. The van der Waals surface area contributed by atoms with Gasteiger partial charge in [-0.25, -0.2) is 0 Å². The summed E-state index contributed by atoms with van der Waals surface area (Å²) < 4.78 is 2.52. The van der Waals surface area contributed by atoms with Crippen LogP contribution in [0, 0.1) is 5.92 Å². The van der Waals surface area contributed by atoms with Gasteiger partial charge in [0.15, 0.2) is 0 Å². The molecule has 1 aliphatic heterocycles. The molecule has 1 aliphatic carbocycles. The highest BCUT2D eigenvalue weighted by molar-refractivity contribution is 5.94. The minimum atomic E-state index is -0.151. The van der Waals surface area contributed by atoms with Crippen molar-refractivity contribution in [3.8, 4) is 0 Å². The third-order valence-electron chi connectivity index (χ3n) is 9.46. The third-order valence-corrected chi connectivity index (χ3v) is 9.46. The number of piperidine rings is 1. The van der Waals surface area contributed by atoms with Crippen molar-refractivity contribution in [2.75, 3.05) is 13.1 Å². The van der Waals surface area contributed by atoms with Gasteiger partial charge in [-0.05, 0) is 106 Å². The molecular weight excluding hydrogens is 506 g/mol. The van der Waals surface area contributed by atoms with Gasteiger partial charge < -0.3 is 14.6 Å². The van der Waals surface area contributed by atoms with E-state index in [-0.39, 0.29) is 12.0 Å². The van der Waals surface area contributed by atoms with Crippen molar-refractivity contribution < 1.29 is 9.90 Å². The average molecular weight is 560 g/mol. The van der Waals surface area contributed by atoms with Crippen molar-refractivity contribution in [1.82, 2.24) is 14.5 Å². The van der Waals surface area contributed by atoms with Crippen LogP contribution in [0.1, 0.15) is 133 Å². The molecule has 5 heteroatoms. The van der Waals surface area contributed by atoms with Crippen LogP contribution >= 0.6 is 0 Å². The number of hydrogen-bond donors (Lipinski definition) is 1. The molecule has 2 aromatic heterocycles. The second-order valence-electron chi connectivity index (χ2n) is 12.6. The number of aliphatic hydroxyl groups is 1. The number of aliphatic hydroxyl groups excluding tert-OH is 1. The Morgan fingerprint density at radius 3 is 2.46 bits per heavy atom. The Bertz CT molecular complexity index is 1250. The number of allylic oxidation sites excluding steroid dienone is 2. The molecule has 0 aromatic carbocycles.